The molecule has 0 aliphatic carbocycles. The lowest BCUT2D eigenvalue weighted by molar-refractivity contribution is -0.384. The monoisotopic (exact) mass is 431 g/mol. The first-order valence-electron chi connectivity index (χ1n) is 9.02. The molecule has 0 aromatic heterocycles. The third kappa shape index (κ3) is 4.93. The van der Waals surface area contributed by atoms with Crippen molar-refractivity contribution in [1.29, 1.82) is 0 Å². The van der Waals surface area contributed by atoms with E-state index in [0.29, 0.717) is 16.4 Å². The summed E-state index contributed by atoms with van der Waals surface area (Å²) in [6.45, 7) is 1.41. The van der Waals surface area contributed by atoms with Crippen molar-refractivity contribution in [3.63, 3.8) is 0 Å². The Bertz CT molecular complexity index is 1010. The number of carbonyl (C=O) groups excluding carboxylic acids is 3. The van der Waals surface area contributed by atoms with E-state index in [2.05, 4.69) is 5.32 Å². The van der Waals surface area contributed by atoms with Crippen LogP contribution in [-0.2, 0) is 19.1 Å². The molecule has 2 aromatic rings. The molecule has 0 bridgehead atoms. The highest BCUT2D eigenvalue weighted by Crippen LogP contribution is 2.27. The topological polar surface area (TPSA) is 119 Å². The van der Waals surface area contributed by atoms with Crippen LogP contribution in [0.15, 0.2) is 42.5 Å². The quantitative estimate of drug-likeness (QED) is 0.426. The number of halogens is 1. The van der Waals surface area contributed by atoms with Crippen LogP contribution < -0.4 is 10.2 Å². The van der Waals surface area contributed by atoms with Gasteiger partial charge in [0.25, 0.3) is 11.6 Å². The van der Waals surface area contributed by atoms with Crippen LogP contribution in [0.5, 0.6) is 0 Å². The second kappa shape index (κ2) is 8.91. The fourth-order valence-electron chi connectivity index (χ4n) is 2.99. The molecule has 2 aromatic carbocycles. The molecule has 1 atom stereocenters. The van der Waals surface area contributed by atoms with Gasteiger partial charge in [-0.3, -0.25) is 24.5 Å². The lowest BCUT2D eigenvalue weighted by Crippen LogP contribution is -2.28. The molecular formula is C20H18ClN3O6. The number of esters is 1. The zero-order valence-corrected chi connectivity index (χ0v) is 16.7. The van der Waals surface area contributed by atoms with Crippen molar-refractivity contribution < 1.29 is 24.0 Å². The number of nitro groups is 1. The Labute approximate surface area is 176 Å². The number of benzene rings is 2. The summed E-state index contributed by atoms with van der Waals surface area (Å²) in [5.74, 6) is -2.22. The highest BCUT2D eigenvalue weighted by Gasteiger charge is 2.36. The number of non-ortho nitro benzene ring substituents is 1. The largest absolute Gasteiger partial charge is 0.455 e. The van der Waals surface area contributed by atoms with Crippen molar-refractivity contribution in [3.05, 3.63) is 63.2 Å². The molecule has 30 heavy (non-hydrogen) atoms. The summed E-state index contributed by atoms with van der Waals surface area (Å²) in [6, 6.07) is 10.5. The van der Waals surface area contributed by atoms with Gasteiger partial charge < -0.3 is 15.0 Å². The van der Waals surface area contributed by atoms with E-state index < -0.39 is 29.3 Å². The highest BCUT2D eigenvalue weighted by atomic mass is 35.5. The number of nitrogens with one attached hydrogen (secondary N) is 1. The van der Waals surface area contributed by atoms with Crippen LogP contribution in [0.1, 0.15) is 12.0 Å². The molecule has 0 radical (unpaired) electrons. The van der Waals surface area contributed by atoms with Crippen molar-refractivity contribution in [2.75, 3.05) is 23.4 Å². The predicted molar refractivity (Wildman–Crippen MR) is 109 cm³/mol. The first kappa shape index (κ1) is 21.3. The molecule has 1 aliphatic rings. The van der Waals surface area contributed by atoms with Gasteiger partial charge in [0.2, 0.25) is 5.91 Å². The van der Waals surface area contributed by atoms with Gasteiger partial charge in [0.1, 0.15) is 0 Å². The van der Waals surface area contributed by atoms with Gasteiger partial charge in [-0.1, -0.05) is 17.7 Å². The van der Waals surface area contributed by atoms with Crippen LogP contribution in [-0.4, -0.2) is 35.9 Å². The van der Waals surface area contributed by atoms with Crippen molar-refractivity contribution in [1.82, 2.24) is 0 Å². The number of ether oxygens (including phenoxy) is 1. The van der Waals surface area contributed by atoms with Gasteiger partial charge in [-0.2, -0.15) is 0 Å². The maximum Gasteiger partial charge on any atom is 0.311 e. The van der Waals surface area contributed by atoms with E-state index in [1.807, 2.05) is 6.92 Å². The summed E-state index contributed by atoms with van der Waals surface area (Å²) in [7, 11) is 0. The lowest BCUT2D eigenvalue weighted by atomic mass is 10.1. The molecule has 0 saturated carbocycles. The average molecular weight is 432 g/mol. The molecule has 3 rings (SSSR count). The van der Waals surface area contributed by atoms with Crippen LogP contribution in [0.25, 0.3) is 0 Å². The maximum absolute atomic E-state index is 12.3. The summed E-state index contributed by atoms with van der Waals surface area (Å²) in [5.41, 5.74) is 1.70. The molecule has 10 heteroatoms. The number of aryl methyl sites for hydroxylation is 1. The van der Waals surface area contributed by atoms with Crippen LogP contribution in [0.4, 0.5) is 17.1 Å². The summed E-state index contributed by atoms with van der Waals surface area (Å²) in [5, 5.41) is 13.8. The number of nitrogens with zero attached hydrogens (tertiary/aromatic N) is 2. The van der Waals surface area contributed by atoms with E-state index in [-0.39, 0.29) is 24.6 Å². The molecular weight excluding hydrogens is 414 g/mol. The minimum atomic E-state index is -0.727. The number of hydrogen-bond donors (Lipinski definition) is 1. The van der Waals surface area contributed by atoms with Gasteiger partial charge in [-0.05, 0) is 36.8 Å². The molecule has 1 saturated heterocycles. The van der Waals surface area contributed by atoms with Crippen LogP contribution in [0.2, 0.25) is 5.02 Å². The van der Waals surface area contributed by atoms with E-state index in [0.717, 1.165) is 5.56 Å². The number of carbonyl (C=O) groups is 3. The van der Waals surface area contributed by atoms with Gasteiger partial charge in [0.15, 0.2) is 6.61 Å². The number of rotatable bonds is 6. The SMILES string of the molecule is Cc1ccc(NC(=O)COC(=O)[C@H]2CC(=O)N(c3ccc([N+](=O)[O-])cc3)C2)cc1Cl. The zero-order chi connectivity index (χ0) is 21.8. The molecule has 1 aliphatic heterocycles. The third-order valence-electron chi connectivity index (χ3n) is 4.63. The Morgan fingerprint density at radius 2 is 1.97 bits per heavy atom. The van der Waals surface area contributed by atoms with E-state index in [1.165, 1.54) is 29.2 Å². The molecule has 1 heterocycles. The minimum Gasteiger partial charge on any atom is -0.455 e. The number of amides is 2. The predicted octanol–water partition coefficient (Wildman–Crippen LogP) is 3.09. The molecule has 156 valence electrons. The number of anilines is 2. The van der Waals surface area contributed by atoms with E-state index in [4.69, 9.17) is 16.3 Å². The number of nitro benzene ring substituents is 1. The van der Waals surface area contributed by atoms with Gasteiger partial charge in [-0.15, -0.1) is 0 Å². The highest BCUT2D eigenvalue weighted by molar-refractivity contribution is 6.31. The Hall–Kier alpha value is -3.46. The lowest BCUT2D eigenvalue weighted by Gasteiger charge is -2.16. The maximum atomic E-state index is 12.3. The van der Waals surface area contributed by atoms with Gasteiger partial charge in [0, 0.05) is 41.5 Å². The fraction of sp³-hybridized carbons (Fsp3) is 0.250. The van der Waals surface area contributed by atoms with E-state index in [1.54, 1.807) is 18.2 Å². The standard InChI is InChI=1S/C20H18ClN3O6/c1-12-2-3-14(9-17(12)21)22-18(25)11-30-20(27)13-8-19(26)23(10-13)15-4-6-16(7-5-15)24(28)29/h2-7,9,13H,8,10-11H2,1H3,(H,22,25)/t13-/m0/s1. The third-order valence-corrected chi connectivity index (χ3v) is 5.04. The smallest absolute Gasteiger partial charge is 0.311 e. The fourth-order valence-corrected chi connectivity index (χ4v) is 3.17. The number of hydrogen-bond acceptors (Lipinski definition) is 6. The molecule has 0 spiro atoms. The first-order chi connectivity index (χ1) is 14.2. The normalized spacial score (nSPS) is 15.7. The van der Waals surface area contributed by atoms with Crippen LogP contribution in [0, 0.1) is 23.0 Å². The molecule has 1 fully saturated rings. The van der Waals surface area contributed by atoms with Crippen LogP contribution in [0.3, 0.4) is 0 Å². The van der Waals surface area contributed by atoms with E-state index >= 15 is 0 Å². The Morgan fingerprint density at radius 1 is 1.27 bits per heavy atom. The van der Waals surface area contributed by atoms with Crippen molar-refractivity contribution >= 4 is 46.4 Å². The van der Waals surface area contributed by atoms with Gasteiger partial charge >= 0.3 is 5.97 Å². The molecule has 1 N–H and O–H groups in total. The first-order valence-corrected chi connectivity index (χ1v) is 9.40. The molecule has 0 unspecified atom stereocenters. The molecule has 9 nitrogen and oxygen atoms in total. The van der Waals surface area contributed by atoms with Crippen molar-refractivity contribution in [3.8, 4) is 0 Å². The molecule has 2 amide bonds. The van der Waals surface area contributed by atoms with Gasteiger partial charge in [-0.25, -0.2) is 0 Å². The average Bonchev–Trinajstić information content (AvgIpc) is 3.11. The summed E-state index contributed by atoms with van der Waals surface area (Å²) in [4.78, 5) is 48.1. The van der Waals surface area contributed by atoms with Gasteiger partial charge in [0.05, 0.1) is 10.8 Å². The summed E-state index contributed by atoms with van der Waals surface area (Å²) < 4.78 is 5.04. The second-order valence-corrected chi connectivity index (χ2v) is 7.21. The van der Waals surface area contributed by atoms with E-state index in [9.17, 15) is 24.5 Å². The zero-order valence-electron chi connectivity index (χ0n) is 16.0. The Balaban J connectivity index is 1.53. The van der Waals surface area contributed by atoms with Crippen molar-refractivity contribution in [2.24, 2.45) is 5.92 Å². The Kier molecular flexibility index (Phi) is 6.31. The Morgan fingerprint density at radius 3 is 2.60 bits per heavy atom. The summed E-state index contributed by atoms with van der Waals surface area (Å²) >= 11 is 6.01. The minimum absolute atomic E-state index is 0.0645. The van der Waals surface area contributed by atoms with Crippen molar-refractivity contribution in [2.45, 2.75) is 13.3 Å². The second-order valence-electron chi connectivity index (χ2n) is 6.80. The summed E-state index contributed by atoms with van der Waals surface area (Å²) in [6.07, 6.45) is -0.0645. The van der Waals surface area contributed by atoms with Crippen LogP contribution >= 0.6 is 11.6 Å².